The maximum absolute atomic E-state index is 12.9. The first-order valence-electron chi connectivity index (χ1n) is 8.21. The van der Waals surface area contributed by atoms with E-state index in [0.29, 0.717) is 16.9 Å². The number of benzene rings is 2. The van der Waals surface area contributed by atoms with Crippen molar-refractivity contribution in [1.82, 2.24) is 9.55 Å². The molecule has 29 heavy (non-hydrogen) atoms. The third-order valence-electron chi connectivity index (χ3n) is 3.93. The fraction of sp³-hybridized carbons (Fsp3) is 0.0526. The van der Waals surface area contributed by atoms with E-state index in [9.17, 15) is 23.9 Å². The maximum atomic E-state index is 12.9. The van der Waals surface area contributed by atoms with E-state index in [1.54, 1.807) is 25.1 Å². The lowest BCUT2D eigenvalue weighted by atomic mass is 10.2. The zero-order chi connectivity index (χ0) is 21.1. The van der Waals surface area contributed by atoms with Crippen LogP contribution in [0.25, 0.3) is 5.69 Å². The number of aromatic nitrogens is 2. The summed E-state index contributed by atoms with van der Waals surface area (Å²) in [6.45, 7) is 1.72. The highest BCUT2D eigenvalue weighted by atomic mass is 79.9. The van der Waals surface area contributed by atoms with Crippen molar-refractivity contribution in [3.63, 3.8) is 0 Å². The summed E-state index contributed by atoms with van der Waals surface area (Å²) in [4.78, 5) is 41.9. The van der Waals surface area contributed by atoms with Crippen molar-refractivity contribution in [1.29, 1.82) is 0 Å². The van der Waals surface area contributed by atoms with Crippen LogP contribution in [0.4, 0.5) is 14.9 Å². The number of H-pyrrole nitrogens is 1. The zero-order valence-corrected chi connectivity index (χ0v) is 16.5. The summed E-state index contributed by atoms with van der Waals surface area (Å²) in [5.74, 6) is -1.13. The first-order valence-corrected chi connectivity index (χ1v) is 9.01. The number of carbonyl (C=O) groups excluding carboxylic acids is 1. The molecule has 0 saturated carbocycles. The van der Waals surface area contributed by atoms with Crippen LogP contribution in [-0.4, -0.2) is 26.9 Å². The number of aliphatic imine (C=N–C) groups is 1. The Labute approximate surface area is 171 Å². The predicted molar refractivity (Wildman–Crippen MR) is 110 cm³/mol. The summed E-state index contributed by atoms with van der Waals surface area (Å²) in [5, 5.41) is 12.9. The number of amides is 2. The molecule has 0 radical (unpaired) electrons. The lowest BCUT2D eigenvalue weighted by Crippen LogP contribution is -2.31. The van der Waals surface area contributed by atoms with E-state index >= 15 is 0 Å². The van der Waals surface area contributed by atoms with Crippen LogP contribution >= 0.6 is 15.9 Å². The van der Waals surface area contributed by atoms with Crippen molar-refractivity contribution in [2.45, 2.75) is 6.92 Å². The van der Waals surface area contributed by atoms with Gasteiger partial charge in [0.15, 0.2) is 0 Å². The number of halogens is 2. The first-order chi connectivity index (χ1) is 13.8. The molecule has 1 aromatic heterocycles. The lowest BCUT2D eigenvalue weighted by Gasteiger charge is -2.12. The van der Waals surface area contributed by atoms with Crippen molar-refractivity contribution in [2.24, 2.45) is 4.99 Å². The van der Waals surface area contributed by atoms with E-state index in [4.69, 9.17) is 0 Å². The second kappa shape index (κ2) is 8.23. The Morgan fingerprint density at radius 2 is 1.93 bits per heavy atom. The number of hydrogen-bond acceptors (Lipinski definition) is 4. The molecule has 3 aromatic rings. The van der Waals surface area contributed by atoms with Gasteiger partial charge in [0.05, 0.1) is 11.9 Å². The molecule has 0 aliphatic rings. The van der Waals surface area contributed by atoms with Gasteiger partial charge in [0.1, 0.15) is 11.4 Å². The molecule has 0 aliphatic heterocycles. The number of anilines is 1. The monoisotopic (exact) mass is 460 g/mol. The highest BCUT2D eigenvalue weighted by molar-refractivity contribution is 9.10. The smallest absolute Gasteiger partial charge is 0.345 e. The molecule has 2 amide bonds. The highest BCUT2D eigenvalue weighted by Crippen LogP contribution is 2.22. The van der Waals surface area contributed by atoms with Gasteiger partial charge in [-0.05, 0) is 55.0 Å². The van der Waals surface area contributed by atoms with Crippen LogP contribution in [0.1, 0.15) is 11.1 Å². The van der Waals surface area contributed by atoms with E-state index in [1.807, 2.05) is 0 Å². The number of nitrogens with zero attached hydrogens (tertiary/aromatic N) is 2. The average Bonchev–Trinajstić information content (AvgIpc) is 2.65. The SMILES string of the molecule is Cc1cc(Br)ccc1-n1c(O)c(/C=N/C(=O)Nc2ccc(F)cc2)c(=O)[nH]c1=O. The molecule has 10 heteroatoms. The van der Waals surface area contributed by atoms with Crippen molar-refractivity contribution >= 4 is 33.9 Å². The number of aromatic amines is 1. The molecule has 0 atom stereocenters. The van der Waals surface area contributed by atoms with Crippen LogP contribution < -0.4 is 16.6 Å². The summed E-state index contributed by atoms with van der Waals surface area (Å²) in [6, 6.07) is 9.12. The standard InChI is InChI=1S/C19H14BrFN4O4/c1-10-8-11(20)2-7-15(10)25-17(27)14(16(26)24-19(25)29)9-22-18(28)23-13-5-3-12(21)4-6-13/h2-9,27H,1H3,(H,23,28)(H,24,26,29)/b22-9+. The molecule has 3 rings (SSSR count). The van der Waals surface area contributed by atoms with Gasteiger partial charge in [-0.25, -0.2) is 23.5 Å². The van der Waals surface area contributed by atoms with Crippen LogP contribution in [0, 0.1) is 12.7 Å². The molecule has 0 spiro atoms. The third kappa shape index (κ3) is 4.49. The Hall–Kier alpha value is -3.53. The molecule has 0 aliphatic carbocycles. The number of urea groups is 1. The van der Waals surface area contributed by atoms with Gasteiger partial charge < -0.3 is 10.4 Å². The third-order valence-corrected chi connectivity index (χ3v) is 4.42. The van der Waals surface area contributed by atoms with E-state index in [-0.39, 0.29) is 5.56 Å². The minimum Gasteiger partial charge on any atom is -0.493 e. The van der Waals surface area contributed by atoms with Gasteiger partial charge in [0, 0.05) is 10.2 Å². The molecule has 0 fully saturated rings. The summed E-state index contributed by atoms with van der Waals surface area (Å²) in [7, 11) is 0. The molecular formula is C19H14BrFN4O4. The minimum absolute atomic E-state index is 0.294. The summed E-state index contributed by atoms with van der Waals surface area (Å²) in [6.07, 6.45) is 0.844. The number of hydrogen-bond donors (Lipinski definition) is 3. The molecule has 148 valence electrons. The Morgan fingerprint density at radius 1 is 1.24 bits per heavy atom. The second-order valence-electron chi connectivity index (χ2n) is 5.96. The largest absolute Gasteiger partial charge is 0.493 e. The molecule has 8 nitrogen and oxygen atoms in total. The summed E-state index contributed by atoms with van der Waals surface area (Å²) >= 11 is 3.31. The van der Waals surface area contributed by atoms with Gasteiger partial charge in [-0.2, -0.15) is 0 Å². The Morgan fingerprint density at radius 3 is 2.59 bits per heavy atom. The van der Waals surface area contributed by atoms with Crippen molar-refractivity contribution in [2.75, 3.05) is 5.32 Å². The van der Waals surface area contributed by atoms with Gasteiger partial charge in [0.2, 0.25) is 5.88 Å². The number of aryl methyl sites for hydroxylation is 1. The van der Waals surface area contributed by atoms with E-state index in [1.165, 1.54) is 12.1 Å². The molecule has 2 aromatic carbocycles. The Kier molecular flexibility index (Phi) is 5.74. The molecule has 0 unspecified atom stereocenters. The second-order valence-corrected chi connectivity index (χ2v) is 6.87. The topological polar surface area (TPSA) is 117 Å². The predicted octanol–water partition coefficient (Wildman–Crippen LogP) is 3.09. The van der Waals surface area contributed by atoms with Gasteiger partial charge in [-0.15, -0.1) is 0 Å². The number of nitrogens with one attached hydrogen (secondary N) is 2. The Bertz CT molecular complexity index is 1230. The van der Waals surface area contributed by atoms with E-state index in [0.717, 1.165) is 27.4 Å². The van der Waals surface area contributed by atoms with Gasteiger partial charge >= 0.3 is 11.7 Å². The molecular weight excluding hydrogens is 447 g/mol. The van der Waals surface area contributed by atoms with Crippen molar-refractivity contribution in [3.05, 3.63) is 84.7 Å². The maximum Gasteiger partial charge on any atom is 0.345 e. The van der Waals surface area contributed by atoms with E-state index < -0.39 is 29.0 Å². The summed E-state index contributed by atoms with van der Waals surface area (Å²) < 4.78 is 14.6. The minimum atomic E-state index is -0.906. The highest BCUT2D eigenvalue weighted by Gasteiger charge is 2.16. The van der Waals surface area contributed by atoms with Crippen molar-refractivity contribution < 1.29 is 14.3 Å². The van der Waals surface area contributed by atoms with Gasteiger partial charge in [-0.3, -0.25) is 9.78 Å². The molecule has 1 heterocycles. The number of rotatable bonds is 3. The van der Waals surface area contributed by atoms with Crippen LogP contribution in [0.15, 0.2) is 61.5 Å². The normalized spacial score (nSPS) is 11.0. The van der Waals surface area contributed by atoms with Gasteiger partial charge in [0.25, 0.3) is 5.56 Å². The van der Waals surface area contributed by atoms with Crippen LogP contribution in [0.3, 0.4) is 0 Å². The van der Waals surface area contributed by atoms with Gasteiger partial charge in [-0.1, -0.05) is 15.9 Å². The zero-order valence-electron chi connectivity index (χ0n) is 14.9. The summed E-state index contributed by atoms with van der Waals surface area (Å²) in [5.41, 5.74) is -0.830. The Balaban J connectivity index is 1.96. The quantitative estimate of drug-likeness (QED) is 0.520. The van der Waals surface area contributed by atoms with Crippen LogP contribution in [-0.2, 0) is 0 Å². The molecule has 0 bridgehead atoms. The first kappa shape index (κ1) is 20.2. The average molecular weight is 461 g/mol. The van der Waals surface area contributed by atoms with Crippen LogP contribution in [0.2, 0.25) is 0 Å². The fourth-order valence-corrected chi connectivity index (χ4v) is 3.04. The van der Waals surface area contributed by atoms with Crippen molar-refractivity contribution in [3.8, 4) is 11.6 Å². The number of aromatic hydroxyl groups is 1. The lowest BCUT2D eigenvalue weighted by molar-refractivity contribution is 0.259. The molecule has 3 N–H and O–H groups in total. The fourth-order valence-electron chi connectivity index (χ4n) is 2.56. The molecule has 0 saturated heterocycles. The number of carbonyl (C=O) groups is 1. The van der Waals surface area contributed by atoms with E-state index in [2.05, 4.69) is 31.2 Å². The van der Waals surface area contributed by atoms with Crippen LogP contribution in [0.5, 0.6) is 5.88 Å².